The zero-order chi connectivity index (χ0) is 26.7. The summed E-state index contributed by atoms with van der Waals surface area (Å²) in [4.78, 5) is 9.99. The molecule has 3 aromatic heterocycles. The highest BCUT2D eigenvalue weighted by molar-refractivity contribution is 7.17. The maximum Gasteiger partial charge on any atom is 0.194 e. The standard InChI is InChI=1S/C31H37N5O2S/c1-31(2,3)27-17-24(34-38-27)19-4-6-20(7-5-19)25-18-36-26-16-23(29(26)39-30(36)33-25)28(32)21-8-10-22(11-9-21)35-12-14-37-15-13-35/h4-7,17-18,21-23,32H,8-16H2,1-3H3. The first-order chi connectivity index (χ1) is 18.8. The van der Waals surface area contributed by atoms with E-state index in [-0.39, 0.29) is 5.41 Å². The molecule has 1 saturated heterocycles. The van der Waals surface area contributed by atoms with Crippen molar-refractivity contribution in [3.8, 4) is 22.5 Å². The summed E-state index contributed by atoms with van der Waals surface area (Å²) in [6, 6.07) is 11.1. The van der Waals surface area contributed by atoms with Crippen LogP contribution in [0, 0.1) is 11.3 Å². The molecule has 7 rings (SSSR count). The number of rotatable bonds is 5. The molecule has 8 heteroatoms. The molecule has 4 aromatic rings. The Labute approximate surface area is 233 Å². The maximum atomic E-state index is 9.04. The normalized spacial score (nSPS) is 24.0. The molecule has 2 fully saturated rings. The number of hydrogen-bond acceptors (Lipinski definition) is 7. The van der Waals surface area contributed by atoms with Crippen LogP contribution in [0.2, 0.25) is 0 Å². The van der Waals surface area contributed by atoms with Crippen molar-refractivity contribution in [1.82, 2.24) is 19.4 Å². The molecule has 1 aliphatic heterocycles. The summed E-state index contributed by atoms with van der Waals surface area (Å²) in [6.07, 6.45) is 7.88. The van der Waals surface area contributed by atoms with Crippen molar-refractivity contribution >= 4 is 22.0 Å². The molecule has 0 bridgehead atoms. The number of benzene rings is 1. The van der Waals surface area contributed by atoms with Crippen molar-refractivity contribution < 1.29 is 9.26 Å². The molecule has 0 amide bonds. The van der Waals surface area contributed by atoms with Gasteiger partial charge in [0, 0.05) is 76.6 Å². The largest absolute Gasteiger partial charge is 0.379 e. The summed E-state index contributed by atoms with van der Waals surface area (Å²) in [6.45, 7) is 10.3. The van der Waals surface area contributed by atoms with Crippen LogP contribution in [0.3, 0.4) is 0 Å². The van der Waals surface area contributed by atoms with Gasteiger partial charge in [0.1, 0.15) is 11.5 Å². The van der Waals surface area contributed by atoms with Crippen molar-refractivity contribution in [3.63, 3.8) is 0 Å². The van der Waals surface area contributed by atoms with Crippen LogP contribution < -0.4 is 0 Å². The minimum atomic E-state index is -0.0606. The lowest BCUT2D eigenvalue weighted by molar-refractivity contribution is 0.00686. The molecule has 1 aromatic carbocycles. The van der Waals surface area contributed by atoms with Crippen molar-refractivity contribution in [2.75, 3.05) is 26.3 Å². The van der Waals surface area contributed by atoms with E-state index in [9.17, 15) is 0 Å². The molecule has 1 N–H and O–H groups in total. The first kappa shape index (κ1) is 25.2. The Morgan fingerprint density at radius 1 is 1.00 bits per heavy atom. The van der Waals surface area contributed by atoms with E-state index in [1.807, 2.05) is 6.07 Å². The van der Waals surface area contributed by atoms with Gasteiger partial charge in [-0.1, -0.05) is 50.2 Å². The quantitative estimate of drug-likeness (QED) is 0.288. The van der Waals surface area contributed by atoms with Gasteiger partial charge in [0.25, 0.3) is 0 Å². The van der Waals surface area contributed by atoms with Gasteiger partial charge in [0.2, 0.25) is 0 Å². The molecule has 39 heavy (non-hydrogen) atoms. The zero-order valence-electron chi connectivity index (χ0n) is 23.1. The highest BCUT2D eigenvalue weighted by Crippen LogP contribution is 2.46. The van der Waals surface area contributed by atoms with Gasteiger partial charge in [-0.15, -0.1) is 11.3 Å². The fraction of sp³-hybridized carbons (Fsp3) is 0.516. The second kappa shape index (κ2) is 9.68. The van der Waals surface area contributed by atoms with E-state index >= 15 is 0 Å². The van der Waals surface area contributed by atoms with Crippen LogP contribution in [0.5, 0.6) is 0 Å². The van der Waals surface area contributed by atoms with Gasteiger partial charge in [0.15, 0.2) is 4.96 Å². The number of aromatic nitrogens is 3. The van der Waals surface area contributed by atoms with Crippen LogP contribution in [0.15, 0.2) is 41.1 Å². The van der Waals surface area contributed by atoms with E-state index in [1.54, 1.807) is 11.3 Å². The van der Waals surface area contributed by atoms with Gasteiger partial charge in [-0.3, -0.25) is 9.30 Å². The monoisotopic (exact) mass is 543 g/mol. The Morgan fingerprint density at radius 3 is 2.36 bits per heavy atom. The third kappa shape index (κ3) is 4.56. The van der Waals surface area contributed by atoms with Gasteiger partial charge in [0.05, 0.1) is 18.9 Å². The van der Waals surface area contributed by atoms with E-state index in [1.165, 1.54) is 23.4 Å². The fourth-order valence-electron chi connectivity index (χ4n) is 6.48. The molecule has 1 unspecified atom stereocenters. The molecular weight excluding hydrogens is 506 g/mol. The Morgan fingerprint density at radius 2 is 1.69 bits per heavy atom. The van der Waals surface area contributed by atoms with Crippen LogP contribution in [0.4, 0.5) is 0 Å². The van der Waals surface area contributed by atoms with Gasteiger partial charge in [-0.25, -0.2) is 4.98 Å². The van der Waals surface area contributed by atoms with Crippen molar-refractivity contribution in [2.45, 2.75) is 70.3 Å². The fourth-order valence-corrected chi connectivity index (χ4v) is 7.73. The highest BCUT2D eigenvalue weighted by Gasteiger charge is 2.39. The Hall–Kier alpha value is -2.81. The number of hydrogen-bond donors (Lipinski definition) is 1. The van der Waals surface area contributed by atoms with Gasteiger partial charge < -0.3 is 14.7 Å². The zero-order valence-corrected chi connectivity index (χ0v) is 23.9. The summed E-state index contributed by atoms with van der Waals surface area (Å²) < 4.78 is 13.4. The molecule has 0 spiro atoms. The number of ether oxygens (including phenoxy) is 1. The van der Waals surface area contributed by atoms with Crippen LogP contribution >= 0.6 is 11.3 Å². The first-order valence-corrected chi connectivity index (χ1v) is 15.2. The second-order valence-electron chi connectivity index (χ2n) is 12.5. The number of nitrogens with zero attached hydrogens (tertiary/aromatic N) is 4. The smallest absolute Gasteiger partial charge is 0.194 e. The second-order valence-corrected chi connectivity index (χ2v) is 13.5. The van der Waals surface area contributed by atoms with Gasteiger partial charge >= 0.3 is 0 Å². The van der Waals surface area contributed by atoms with E-state index in [0.29, 0.717) is 17.9 Å². The Balaban J connectivity index is 1.02. The Kier molecular flexibility index (Phi) is 6.25. The van der Waals surface area contributed by atoms with Gasteiger partial charge in [-0.05, 0) is 31.6 Å². The summed E-state index contributed by atoms with van der Waals surface area (Å²) in [5, 5.41) is 13.3. The van der Waals surface area contributed by atoms with E-state index in [4.69, 9.17) is 19.7 Å². The predicted octanol–water partition coefficient (Wildman–Crippen LogP) is 6.57. The van der Waals surface area contributed by atoms with Crippen LogP contribution in [-0.2, 0) is 16.6 Å². The summed E-state index contributed by atoms with van der Waals surface area (Å²) in [7, 11) is 0. The van der Waals surface area contributed by atoms with Crippen molar-refractivity contribution in [1.29, 1.82) is 5.41 Å². The SMILES string of the molecule is CC(C)(C)c1cc(-c2ccc(-c3cn4c5c(sc4n3)C(C(=N)C3CCC(N4CCOCC4)CC3)C5)cc2)no1. The van der Waals surface area contributed by atoms with Gasteiger partial charge in [-0.2, -0.15) is 0 Å². The number of thiazole rings is 1. The molecule has 0 radical (unpaired) electrons. The lowest BCUT2D eigenvalue weighted by Gasteiger charge is -2.40. The summed E-state index contributed by atoms with van der Waals surface area (Å²) in [5.41, 5.74) is 6.25. The minimum Gasteiger partial charge on any atom is -0.379 e. The summed E-state index contributed by atoms with van der Waals surface area (Å²) in [5.74, 6) is 1.62. The molecule has 4 heterocycles. The predicted molar refractivity (Wildman–Crippen MR) is 155 cm³/mol. The highest BCUT2D eigenvalue weighted by atomic mass is 32.1. The lowest BCUT2D eigenvalue weighted by Crippen LogP contribution is -2.45. The van der Waals surface area contributed by atoms with E-state index < -0.39 is 0 Å². The third-order valence-electron chi connectivity index (χ3n) is 8.96. The number of imidazole rings is 1. The maximum absolute atomic E-state index is 9.04. The first-order valence-electron chi connectivity index (χ1n) is 14.3. The minimum absolute atomic E-state index is 0.0606. The molecule has 1 atom stereocenters. The third-order valence-corrected chi connectivity index (χ3v) is 10.2. The lowest BCUT2D eigenvalue weighted by atomic mass is 9.73. The van der Waals surface area contributed by atoms with Crippen LogP contribution in [0.1, 0.15) is 68.7 Å². The van der Waals surface area contributed by atoms with Crippen LogP contribution in [0.25, 0.3) is 27.5 Å². The Bertz CT molecular complexity index is 1490. The van der Waals surface area contributed by atoms with E-state index in [2.05, 4.69) is 65.7 Å². The molecule has 204 valence electrons. The number of nitrogens with one attached hydrogen (secondary N) is 1. The summed E-state index contributed by atoms with van der Waals surface area (Å²) >= 11 is 1.78. The van der Waals surface area contributed by atoms with Crippen molar-refractivity contribution in [3.05, 3.63) is 52.9 Å². The average molecular weight is 544 g/mol. The molecule has 7 nitrogen and oxygen atoms in total. The van der Waals surface area contributed by atoms with E-state index in [0.717, 1.165) is 84.5 Å². The average Bonchev–Trinajstić information content (AvgIpc) is 3.65. The molecule has 2 aliphatic carbocycles. The molecule has 3 aliphatic rings. The number of fused-ring (bicyclic) bond motifs is 3. The number of morpholine rings is 1. The topological polar surface area (TPSA) is 79.7 Å². The molecular formula is C31H37N5O2S. The molecule has 1 saturated carbocycles. The van der Waals surface area contributed by atoms with Crippen molar-refractivity contribution in [2.24, 2.45) is 5.92 Å². The van der Waals surface area contributed by atoms with Crippen LogP contribution in [-0.4, -0.2) is 57.5 Å².